The van der Waals surface area contributed by atoms with Crippen molar-refractivity contribution in [1.29, 1.82) is 0 Å². The predicted molar refractivity (Wildman–Crippen MR) is 103 cm³/mol. The summed E-state index contributed by atoms with van der Waals surface area (Å²) in [6.45, 7) is 2.81. The van der Waals surface area contributed by atoms with E-state index in [1.807, 2.05) is 37.4 Å². The first-order chi connectivity index (χ1) is 12.2. The van der Waals surface area contributed by atoms with Gasteiger partial charge in [0.1, 0.15) is 11.9 Å². The Morgan fingerprint density at radius 2 is 1.92 bits per heavy atom. The molecule has 0 radical (unpaired) electrons. The lowest BCUT2D eigenvalue weighted by molar-refractivity contribution is 0.0526. The Morgan fingerprint density at radius 1 is 1.24 bits per heavy atom. The van der Waals surface area contributed by atoms with Gasteiger partial charge in [0.05, 0.1) is 6.54 Å². The summed E-state index contributed by atoms with van der Waals surface area (Å²) in [5.41, 5.74) is 0. The number of piperidine rings is 2. The average molecular weight is 345 g/mol. The van der Waals surface area contributed by atoms with Gasteiger partial charge in [-0.25, -0.2) is 0 Å². The van der Waals surface area contributed by atoms with Crippen LogP contribution >= 0.6 is 0 Å². The summed E-state index contributed by atoms with van der Waals surface area (Å²) in [7, 11) is 4.13. The zero-order valence-electron chi connectivity index (χ0n) is 15.7. The molecule has 3 atom stereocenters. The highest BCUT2D eigenvalue weighted by Crippen LogP contribution is 2.32. The molecule has 2 fully saturated rings. The largest absolute Gasteiger partial charge is 0.489 e. The fraction of sp³-hybridized carbons (Fsp3) is 0.650. The van der Waals surface area contributed by atoms with E-state index < -0.39 is 0 Å². The minimum Gasteiger partial charge on any atom is -0.489 e. The number of benzene rings is 1. The highest BCUT2D eigenvalue weighted by atomic mass is 16.5. The number of hydrogen-bond acceptors (Lipinski definition) is 3. The van der Waals surface area contributed by atoms with E-state index in [0.717, 1.165) is 30.3 Å². The van der Waals surface area contributed by atoms with Gasteiger partial charge in [-0.1, -0.05) is 24.6 Å². The van der Waals surface area contributed by atoms with E-state index >= 15 is 0 Å². The Labute approximate surface area is 151 Å². The summed E-state index contributed by atoms with van der Waals surface area (Å²) < 4.78 is 5.92. The Hall–Kier alpha value is -1.75. The van der Waals surface area contributed by atoms with Crippen LogP contribution in [0.4, 0.5) is 0 Å². The molecular formula is C20H32N4O. The van der Waals surface area contributed by atoms with Crippen molar-refractivity contribution in [2.45, 2.75) is 63.3 Å². The van der Waals surface area contributed by atoms with Crippen LogP contribution in [0, 0.1) is 0 Å². The Balaban J connectivity index is 1.45. The molecule has 138 valence electrons. The van der Waals surface area contributed by atoms with E-state index in [9.17, 15) is 0 Å². The molecule has 0 aliphatic carbocycles. The number of hydrogen-bond donors (Lipinski definition) is 2. The quantitative estimate of drug-likeness (QED) is 0.637. The normalized spacial score (nSPS) is 28.3. The molecule has 1 aromatic carbocycles. The van der Waals surface area contributed by atoms with Gasteiger partial charge in [0.25, 0.3) is 0 Å². The predicted octanol–water partition coefficient (Wildman–Crippen LogP) is 2.63. The molecule has 2 saturated heterocycles. The van der Waals surface area contributed by atoms with Gasteiger partial charge < -0.3 is 20.3 Å². The molecule has 3 rings (SSSR count). The van der Waals surface area contributed by atoms with E-state index in [2.05, 4.69) is 34.5 Å². The number of nitrogens with zero attached hydrogens (tertiary/aromatic N) is 2. The molecule has 1 aromatic rings. The average Bonchev–Trinajstić information content (AvgIpc) is 2.60. The number of ether oxygens (including phenoxy) is 1. The monoisotopic (exact) mass is 344 g/mol. The van der Waals surface area contributed by atoms with Crippen molar-refractivity contribution in [3.63, 3.8) is 0 Å². The van der Waals surface area contributed by atoms with Crippen molar-refractivity contribution in [3.8, 4) is 5.75 Å². The van der Waals surface area contributed by atoms with Crippen molar-refractivity contribution >= 4 is 5.96 Å². The Morgan fingerprint density at radius 3 is 2.56 bits per heavy atom. The lowest BCUT2D eigenvalue weighted by atomic mass is 9.82. The standard InChI is InChI=1S/C20H32N4O/c1-15(25-19-10-5-4-6-11-19)14-22-20(21-2)23-16-12-17-8-7-9-18(13-16)24(17)3/h4-6,10-11,15-18H,7-9,12-14H2,1-3H3,(H2,21,22,23). The highest BCUT2D eigenvalue weighted by molar-refractivity contribution is 5.80. The first kappa shape index (κ1) is 18.1. The van der Waals surface area contributed by atoms with Gasteiger partial charge in [-0.2, -0.15) is 0 Å². The summed E-state index contributed by atoms with van der Waals surface area (Å²) in [6.07, 6.45) is 6.55. The van der Waals surface area contributed by atoms with Crippen molar-refractivity contribution < 1.29 is 4.74 Å². The zero-order valence-corrected chi connectivity index (χ0v) is 15.7. The lowest BCUT2D eigenvalue weighted by Crippen LogP contribution is -2.57. The zero-order chi connectivity index (χ0) is 17.6. The molecule has 2 heterocycles. The minimum atomic E-state index is 0.0813. The van der Waals surface area contributed by atoms with Crippen molar-refractivity contribution in [3.05, 3.63) is 30.3 Å². The molecule has 25 heavy (non-hydrogen) atoms. The van der Waals surface area contributed by atoms with Gasteiger partial charge >= 0.3 is 0 Å². The van der Waals surface area contributed by atoms with E-state index in [1.165, 1.54) is 32.1 Å². The maximum atomic E-state index is 5.92. The van der Waals surface area contributed by atoms with E-state index in [-0.39, 0.29) is 6.10 Å². The molecule has 0 amide bonds. The first-order valence-corrected chi connectivity index (χ1v) is 9.56. The van der Waals surface area contributed by atoms with Gasteiger partial charge in [0, 0.05) is 25.2 Å². The molecule has 5 heteroatoms. The van der Waals surface area contributed by atoms with Crippen LogP contribution in [0.25, 0.3) is 0 Å². The topological polar surface area (TPSA) is 48.9 Å². The van der Waals surface area contributed by atoms with Gasteiger partial charge in [-0.15, -0.1) is 0 Å². The SMILES string of the molecule is CN=C(NCC(C)Oc1ccccc1)NC1CC2CCCC(C1)N2C. The summed E-state index contributed by atoms with van der Waals surface area (Å²) in [6, 6.07) is 11.9. The van der Waals surface area contributed by atoms with Crippen LogP contribution in [0.3, 0.4) is 0 Å². The second-order valence-electron chi connectivity index (χ2n) is 7.41. The van der Waals surface area contributed by atoms with Crippen LogP contribution in [0.15, 0.2) is 35.3 Å². The number of fused-ring (bicyclic) bond motifs is 2. The number of rotatable bonds is 5. The summed E-state index contributed by atoms with van der Waals surface area (Å²) in [4.78, 5) is 6.99. The number of aliphatic imine (C=N–C) groups is 1. The Bertz CT molecular complexity index is 548. The van der Waals surface area contributed by atoms with Crippen LogP contribution in [-0.2, 0) is 0 Å². The number of para-hydroxylation sites is 1. The van der Waals surface area contributed by atoms with Gasteiger partial charge in [-0.05, 0) is 51.8 Å². The molecule has 0 spiro atoms. The smallest absolute Gasteiger partial charge is 0.191 e. The Kier molecular flexibility index (Phi) is 6.19. The molecule has 0 saturated carbocycles. The molecule has 2 aliphatic heterocycles. The maximum absolute atomic E-state index is 5.92. The lowest BCUT2D eigenvalue weighted by Gasteiger charge is -2.47. The molecule has 3 unspecified atom stereocenters. The molecule has 0 aromatic heterocycles. The van der Waals surface area contributed by atoms with Crippen LogP contribution in [0.5, 0.6) is 5.75 Å². The number of guanidine groups is 1. The summed E-state index contributed by atoms with van der Waals surface area (Å²) in [5.74, 6) is 1.79. The fourth-order valence-electron chi connectivity index (χ4n) is 4.14. The van der Waals surface area contributed by atoms with Gasteiger partial charge in [-0.3, -0.25) is 4.99 Å². The molecule has 2 N–H and O–H groups in total. The van der Waals surface area contributed by atoms with E-state index in [1.54, 1.807) is 0 Å². The van der Waals surface area contributed by atoms with Crippen LogP contribution in [-0.4, -0.2) is 55.7 Å². The van der Waals surface area contributed by atoms with Crippen molar-refractivity contribution in [1.82, 2.24) is 15.5 Å². The highest BCUT2D eigenvalue weighted by Gasteiger charge is 2.36. The molecule has 5 nitrogen and oxygen atoms in total. The van der Waals surface area contributed by atoms with Gasteiger partial charge in [0.2, 0.25) is 0 Å². The van der Waals surface area contributed by atoms with Crippen molar-refractivity contribution in [2.75, 3.05) is 20.6 Å². The second-order valence-corrected chi connectivity index (χ2v) is 7.41. The second kappa shape index (κ2) is 8.56. The van der Waals surface area contributed by atoms with Crippen LogP contribution < -0.4 is 15.4 Å². The number of nitrogens with one attached hydrogen (secondary N) is 2. The first-order valence-electron chi connectivity index (χ1n) is 9.56. The maximum Gasteiger partial charge on any atom is 0.191 e. The fourth-order valence-corrected chi connectivity index (χ4v) is 4.14. The minimum absolute atomic E-state index is 0.0813. The van der Waals surface area contributed by atoms with Gasteiger partial charge in [0.15, 0.2) is 5.96 Å². The van der Waals surface area contributed by atoms with Crippen LogP contribution in [0.1, 0.15) is 39.0 Å². The summed E-state index contributed by atoms with van der Waals surface area (Å²) >= 11 is 0. The summed E-state index contributed by atoms with van der Waals surface area (Å²) in [5, 5.41) is 7.04. The third-order valence-electron chi connectivity index (χ3n) is 5.54. The van der Waals surface area contributed by atoms with E-state index in [0.29, 0.717) is 6.04 Å². The van der Waals surface area contributed by atoms with Crippen LogP contribution in [0.2, 0.25) is 0 Å². The molecular weight excluding hydrogens is 312 g/mol. The molecule has 2 bridgehead atoms. The third kappa shape index (κ3) is 4.88. The van der Waals surface area contributed by atoms with E-state index in [4.69, 9.17) is 4.74 Å². The molecule has 2 aliphatic rings. The third-order valence-corrected chi connectivity index (χ3v) is 5.54. The van der Waals surface area contributed by atoms with Crippen molar-refractivity contribution in [2.24, 2.45) is 4.99 Å².